The van der Waals surface area contributed by atoms with Crippen molar-refractivity contribution in [3.63, 3.8) is 0 Å². The van der Waals surface area contributed by atoms with Crippen molar-refractivity contribution in [1.29, 1.82) is 0 Å². The summed E-state index contributed by atoms with van der Waals surface area (Å²) in [5, 5.41) is 24.0. The van der Waals surface area contributed by atoms with Gasteiger partial charge in [0.15, 0.2) is 0 Å². The molecule has 0 aliphatic carbocycles. The molecule has 0 saturated carbocycles. The summed E-state index contributed by atoms with van der Waals surface area (Å²) in [5.41, 5.74) is 0. The van der Waals surface area contributed by atoms with E-state index in [1.54, 1.807) is 0 Å². The third kappa shape index (κ3) is 45.3. The molecule has 7 nitrogen and oxygen atoms in total. The van der Waals surface area contributed by atoms with Gasteiger partial charge in [0, 0.05) is 0 Å². The molecular formula is C3H11NaO7S. The fraction of sp³-hybridized carbons (Fsp3) is 1.00. The van der Waals surface area contributed by atoms with Crippen molar-refractivity contribution in [1.82, 2.24) is 0 Å². The van der Waals surface area contributed by atoms with Crippen molar-refractivity contribution < 1.29 is 32.8 Å². The Labute approximate surface area is 91.9 Å². The van der Waals surface area contributed by atoms with Crippen LogP contribution in [0.4, 0.5) is 0 Å². The van der Waals surface area contributed by atoms with Gasteiger partial charge in [-0.1, -0.05) is 0 Å². The molecule has 72 valence electrons. The summed E-state index contributed by atoms with van der Waals surface area (Å²) in [6.45, 7) is -0.729. The Bertz CT molecular complexity index is 153. The zero-order chi connectivity index (χ0) is 9.49. The Morgan fingerprint density at radius 1 is 1.08 bits per heavy atom. The molecule has 0 aromatic carbocycles. The Hall–Kier alpha value is 0.750. The average molecular weight is 214 g/mol. The normalized spacial score (nSPS) is 9.83. The second-order valence-electron chi connectivity index (χ2n) is 1.47. The van der Waals surface area contributed by atoms with Crippen LogP contribution in [0.2, 0.25) is 0 Å². The van der Waals surface area contributed by atoms with Gasteiger partial charge in [-0.25, -0.2) is 0 Å². The molecule has 0 aliphatic rings. The monoisotopic (exact) mass is 214 g/mol. The fourth-order valence-electron chi connectivity index (χ4n) is 0.0577. The average Bonchev–Trinajstić information content (AvgIpc) is 1.83. The topological polar surface area (TPSA) is 135 Å². The molecule has 0 saturated heterocycles. The first kappa shape index (κ1) is 18.5. The molecule has 0 atom stereocenters. The molecule has 0 unspecified atom stereocenters. The van der Waals surface area contributed by atoms with Gasteiger partial charge in [0.25, 0.3) is 0 Å². The molecule has 9 heteroatoms. The Balaban J connectivity index is -0.000000126. The molecule has 5 N–H and O–H groups in total. The summed E-state index contributed by atoms with van der Waals surface area (Å²) in [7, 11) is -4.67. The minimum atomic E-state index is -4.67. The predicted octanol–water partition coefficient (Wildman–Crippen LogP) is -2.97. The maximum atomic E-state index is 8.74. The molecule has 0 bridgehead atoms. The van der Waals surface area contributed by atoms with E-state index in [4.69, 9.17) is 32.8 Å². The molecule has 0 fully saturated rings. The van der Waals surface area contributed by atoms with Gasteiger partial charge in [0.1, 0.15) is 6.10 Å². The Kier molecular flexibility index (Phi) is 15.2. The van der Waals surface area contributed by atoms with E-state index in [1.165, 1.54) is 0 Å². The summed E-state index contributed by atoms with van der Waals surface area (Å²) >= 11 is 0. The molecule has 0 amide bonds. The summed E-state index contributed by atoms with van der Waals surface area (Å²) in [6, 6.07) is 0. The van der Waals surface area contributed by atoms with E-state index >= 15 is 0 Å². The third-order valence-electron chi connectivity index (χ3n) is 0.421. The van der Waals surface area contributed by atoms with Crippen LogP contribution in [0.15, 0.2) is 0 Å². The van der Waals surface area contributed by atoms with Gasteiger partial charge in [-0.15, -0.1) is 0 Å². The number of hydrogen-bond donors (Lipinski definition) is 5. The van der Waals surface area contributed by atoms with E-state index in [-0.39, 0.29) is 42.8 Å². The van der Waals surface area contributed by atoms with Crippen LogP contribution in [-0.4, -0.2) is 81.7 Å². The number of rotatable bonds is 2. The van der Waals surface area contributed by atoms with Crippen LogP contribution in [-0.2, 0) is 10.4 Å². The molecule has 0 aromatic rings. The Morgan fingerprint density at radius 2 is 1.25 bits per heavy atom. The van der Waals surface area contributed by atoms with Gasteiger partial charge >= 0.3 is 40.0 Å². The van der Waals surface area contributed by atoms with Crippen LogP contribution in [0, 0.1) is 0 Å². The molecule has 0 aliphatic heterocycles. The van der Waals surface area contributed by atoms with Crippen LogP contribution < -0.4 is 0 Å². The van der Waals surface area contributed by atoms with Gasteiger partial charge in [0.05, 0.1) is 13.2 Å². The van der Waals surface area contributed by atoms with Gasteiger partial charge < -0.3 is 15.3 Å². The van der Waals surface area contributed by atoms with Crippen molar-refractivity contribution in [2.75, 3.05) is 13.2 Å². The predicted molar refractivity (Wildman–Crippen MR) is 41.5 cm³/mol. The first-order valence-electron chi connectivity index (χ1n) is 2.41. The van der Waals surface area contributed by atoms with E-state index in [0.717, 1.165) is 0 Å². The molecular weight excluding hydrogens is 203 g/mol. The SMILES string of the molecule is O=S(=O)(O)O.OCC(O)CO.[NaH]. The molecule has 0 rings (SSSR count). The molecule has 12 heavy (non-hydrogen) atoms. The first-order valence-corrected chi connectivity index (χ1v) is 3.80. The Morgan fingerprint density at radius 3 is 1.25 bits per heavy atom. The van der Waals surface area contributed by atoms with E-state index < -0.39 is 16.5 Å². The minimum absolute atomic E-state index is 0. The van der Waals surface area contributed by atoms with Crippen LogP contribution >= 0.6 is 0 Å². The van der Waals surface area contributed by atoms with Crippen LogP contribution in [0.25, 0.3) is 0 Å². The van der Waals surface area contributed by atoms with Gasteiger partial charge in [-0.05, 0) is 0 Å². The zero-order valence-electron chi connectivity index (χ0n) is 5.45. The van der Waals surface area contributed by atoms with Gasteiger partial charge in [-0.3, -0.25) is 9.11 Å². The van der Waals surface area contributed by atoms with E-state index in [2.05, 4.69) is 0 Å². The van der Waals surface area contributed by atoms with E-state index in [0.29, 0.717) is 0 Å². The van der Waals surface area contributed by atoms with Crippen molar-refractivity contribution in [2.24, 2.45) is 0 Å². The fourth-order valence-corrected chi connectivity index (χ4v) is 0.0577. The maximum absolute atomic E-state index is 8.74. The van der Waals surface area contributed by atoms with Crippen molar-refractivity contribution in [3.05, 3.63) is 0 Å². The molecule has 0 radical (unpaired) electrons. The zero-order valence-corrected chi connectivity index (χ0v) is 6.27. The van der Waals surface area contributed by atoms with Gasteiger partial charge in [0.2, 0.25) is 0 Å². The second-order valence-corrected chi connectivity index (χ2v) is 2.36. The quantitative estimate of drug-likeness (QED) is 0.244. The van der Waals surface area contributed by atoms with E-state index in [1.807, 2.05) is 0 Å². The summed E-state index contributed by atoms with van der Waals surface area (Å²) in [5.74, 6) is 0. The summed E-state index contributed by atoms with van der Waals surface area (Å²) in [4.78, 5) is 0. The van der Waals surface area contributed by atoms with Crippen molar-refractivity contribution in [3.8, 4) is 0 Å². The number of aliphatic hydroxyl groups is 3. The summed E-state index contributed by atoms with van der Waals surface area (Å²) < 4.78 is 31.6. The van der Waals surface area contributed by atoms with Crippen LogP contribution in [0.5, 0.6) is 0 Å². The number of hydrogen-bond acceptors (Lipinski definition) is 5. The van der Waals surface area contributed by atoms with Crippen LogP contribution in [0.3, 0.4) is 0 Å². The molecule has 0 heterocycles. The second kappa shape index (κ2) is 9.84. The van der Waals surface area contributed by atoms with Crippen LogP contribution in [0.1, 0.15) is 0 Å². The summed E-state index contributed by atoms with van der Waals surface area (Å²) in [6.07, 6.45) is -0.954. The van der Waals surface area contributed by atoms with Crippen molar-refractivity contribution in [2.45, 2.75) is 6.10 Å². The van der Waals surface area contributed by atoms with Gasteiger partial charge in [-0.2, -0.15) is 8.42 Å². The van der Waals surface area contributed by atoms with E-state index in [9.17, 15) is 0 Å². The third-order valence-corrected chi connectivity index (χ3v) is 0.421. The standard InChI is InChI=1S/C3H8O3.Na.H2O4S.H/c4-1-3(6)2-5;;1-5(2,3)4;/h3-6H,1-2H2;;(H2,1,2,3,4);. The first-order chi connectivity index (χ1) is 4.81. The van der Waals surface area contributed by atoms with Crippen molar-refractivity contribution >= 4 is 40.0 Å². The molecule has 0 aromatic heterocycles. The molecule has 0 spiro atoms. The number of aliphatic hydroxyl groups excluding tert-OH is 3.